The van der Waals surface area contributed by atoms with Gasteiger partial charge in [0.05, 0.1) is 9.58 Å². The normalized spacial score (nSPS) is 10.8. The Morgan fingerprint density at radius 2 is 1.83 bits per heavy atom. The first-order valence-corrected chi connectivity index (χ1v) is 10.8. The third-order valence-corrected chi connectivity index (χ3v) is 6.42. The molecule has 0 spiro atoms. The predicted molar refractivity (Wildman–Crippen MR) is 118 cm³/mol. The molecule has 0 saturated carbocycles. The highest BCUT2D eigenvalue weighted by Crippen LogP contribution is 2.35. The molecule has 148 valence electrons. The zero-order valence-corrected chi connectivity index (χ0v) is 17.6. The third-order valence-electron chi connectivity index (χ3n) is 4.20. The molecule has 1 amide bonds. The van der Waals surface area contributed by atoms with Gasteiger partial charge in [-0.05, 0) is 50.2 Å². The topological polar surface area (TPSA) is 80.2 Å². The number of amides is 1. The molecule has 0 radical (unpaired) electrons. The van der Waals surface area contributed by atoms with Crippen molar-refractivity contribution in [2.45, 2.75) is 13.8 Å². The van der Waals surface area contributed by atoms with Crippen molar-refractivity contribution in [1.82, 2.24) is 15.0 Å². The molecule has 29 heavy (non-hydrogen) atoms. The summed E-state index contributed by atoms with van der Waals surface area (Å²) in [6.45, 7) is 6.06. The van der Waals surface area contributed by atoms with Gasteiger partial charge in [0.1, 0.15) is 10.6 Å². The van der Waals surface area contributed by atoms with Crippen molar-refractivity contribution in [2.24, 2.45) is 0 Å². The Hall–Kier alpha value is -3.04. The maximum Gasteiger partial charge on any atom is 0.321 e. The van der Waals surface area contributed by atoms with E-state index in [0.29, 0.717) is 16.3 Å². The monoisotopic (exact) mass is 425 g/mol. The Balaban J connectivity index is 1.43. The van der Waals surface area contributed by atoms with E-state index in [-0.39, 0.29) is 11.9 Å². The minimum atomic E-state index is -0.148. The van der Waals surface area contributed by atoms with Crippen molar-refractivity contribution in [3.05, 3.63) is 53.7 Å². The molecule has 0 atom stereocenters. The van der Waals surface area contributed by atoms with Crippen LogP contribution >= 0.6 is 22.7 Å². The summed E-state index contributed by atoms with van der Waals surface area (Å²) >= 11 is 3.03. The lowest BCUT2D eigenvalue weighted by atomic mass is 10.3. The number of fused-ring (bicyclic) bond motifs is 1. The second-order valence-corrected chi connectivity index (χ2v) is 8.10. The summed E-state index contributed by atoms with van der Waals surface area (Å²) < 4.78 is 6.59. The van der Waals surface area contributed by atoms with E-state index in [1.54, 1.807) is 54.1 Å². The van der Waals surface area contributed by atoms with Crippen LogP contribution in [0, 0.1) is 0 Å². The van der Waals surface area contributed by atoms with E-state index in [0.717, 1.165) is 27.8 Å². The Kier molecular flexibility index (Phi) is 5.68. The fourth-order valence-corrected chi connectivity index (χ4v) is 4.94. The maximum atomic E-state index is 12.6. The molecule has 3 heterocycles. The molecule has 3 aromatic heterocycles. The van der Waals surface area contributed by atoms with Gasteiger partial charge in [-0.1, -0.05) is 11.3 Å². The summed E-state index contributed by atoms with van der Waals surface area (Å²) in [6, 6.07) is 11.0. The van der Waals surface area contributed by atoms with Gasteiger partial charge in [-0.2, -0.15) is 0 Å². The Morgan fingerprint density at radius 3 is 2.48 bits per heavy atom. The lowest BCUT2D eigenvalue weighted by molar-refractivity contribution is 0.103. The highest BCUT2D eigenvalue weighted by atomic mass is 32.1. The molecule has 1 N–H and O–H groups in total. The average Bonchev–Trinajstić information content (AvgIpc) is 3.31. The second kappa shape index (κ2) is 8.54. The lowest BCUT2D eigenvalue weighted by Gasteiger charge is -2.16. The van der Waals surface area contributed by atoms with E-state index < -0.39 is 0 Å². The minimum absolute atomic E-state index is 0.148. The number of nitrogens with zero attached hydrogens (tertiary/aromatic N) is 4. The molecular weight excluding hydrogens is 406 g/mol. The van der Waals surface area contributed by atoms with E-state index in [1.165, 1.54) is 11.3 Å². The number of nitrogens with one attached hydrogen (secondary N) is 1. The van der Waals surface area contributed by atoms with Gasteiger partial charge in [0, 0.05) is 31.2 Å². The van der Waals surface area contributed by atoms with Crippen LogP contribution in [0.5, 0.6) is 11.8 Å². The zero-order valence-electron chi connectivity index (χ0n) is 16.0. The first-order valence-electron chi connectivity index (χ1n) is 9.18. The van der Waals surface area contributed by atoms with E-state index >= 15 is 0 Å². The molecule has 0 saturated heterocycles. The van der Waals surface area contributed by atoms with E-state index in [1.807, 2.05) is 6.07 Å². The molecular formula is C20H19N5O2S2. The molecule has 1 aromatic carbocycles. The van der Waals surface area contributed by atoms with Gasteiger partial charge in [0.15, 0.2) is 5.13 Å². The number of carbonyl (C=O) groups is 1. The van der Waals surface area contributed by atoms with Crippen LogP contribution in [0.2, 0.25) is 0 Å². The predicted octanol–water partition coefficient (Wildman–Crippen LogP) is 5.04. The summed E-state index contributed by atoms with van der Waals surface area (Å²) in [7, 11) is 0. The van der Waals surface area contributed by atoms with Crippen molar-refractivity contribution in [3.63, 3.8) is 0 Å². The van der Waals surface area contributed by atoms with Gasteiger partial charge in [-0.25, -0.2) is 15.0 Å². The number of anilines is 2. The zero-order chi connectivity index (χ0) is 20.2. The van der Waals surface area contributed by atoms with Gasteiger partial charge in [-0.3, -0.25) is 4.79 Å². The van der Waals surface area contributed by atoms with Crippen LogP contribution in [-0.4, -0.2) is 33.9 Å². The van der Waals surface area contributed by atoms with Gasteiger partial charge in [0.2, 0.25) is 0 Å². The maximum absolute atomic E-state index is 12.6. The van der Waals surface area contributed by atoms with E-state index in [4.69, 9.17) is 4.74 Å². The molecule has 4 aromatic rings. The van der Waals surface area contributed by atoms with Crippen LogP contribution in [0.4, 0.5) is 10.8 Å². The number of thiazole rings is 1. The standard InChI is InChI=1S/C20H19N5O2S2/c1-3-25(4-2)20-24-18-16(29-20)12-15(28-18)17(26)23-13-6-8-14(9-7-13)27-19-21-10-5-11-22-19/h5-12H,3-4H2,1-2H3,(H,23,26). The number of benzene rings is 1. The number of aromatic nitrogens is 3. The van der Waals surface area contributed by atoms with Crippen LogP contribution in [0.3, 0.4) is 0 Å². The summed E-state index contributed by atoms with van der Waals surface area (Å²) in [4.78, 5) is 29.1. The number of hydrogen-bond donors (Lipinski definition) is 1. The fraction of sp³-hybridized carbons (Fsp3) is 0.200. The molecule has 0 bridgehead atoms. The van der Waals surface area contributed by atoms with Crippen molar-refractivity contribution < 1.29 is 9.53 Å². The SMILES string of the molecule is CCN(CC)c1nc2sc(C(=O)Nc3ccc(Oc4ncccn4)cc3)cc2s1. The first kappa shape index (κ1) is 19.3. The molecule has 7 nitrogen and oxygen atoms in total. The van der Waals surface area contributed by atoms with Gasteiger partial charge in [0.25, 0.3) is 5.91 Å². The number of ether oxygens (including phenoxy) is 1. The summed E-state index contributed by atoms with van der Waals surface area (Å²) in [5, 5.41) is 3.91. The van der Waals surface area contributed by atoms with Gasteiger partial charge < -0.3 is 15.0 Å². The second-order valence-electron chi connectivity index (χ2n) is 6.06. The number of thiophene rings is 1. The number of hydrogen-bond acceptors (Lipinski definition) is 8. The first-order chi connectivity index (χ1) is 14.2. The van der Waals surface area contributed by atoms with Crippen LogP contribution in [0.1, 0.15) is 23.5 Å². The van der Waals surface area contributed by atoms with Crippen LogP contribution in [0.25, 0.3) is 9.53 Å². The number of carbonyl (C=O) groups excluding carboxylic acids is 1. The summed E-state index contributed by atoms with van der Waals surface area (Å²) in [5.74, 6) is 0.448. The van der Waals surface area contributed by atoms with E-state index in [2.05, 4.69) is 39.0 Å². The molecule has 0 unspecified atom stereocenters. The summed E-state index contributed by atoms with van der Waals surface area (Å²) in [6.07, 6.45) is 3.23. The van der Waals surface area contributed by atoms with Crippen LogP contribution in [-0.2, 0) is 0 Å². The van der Waals surface area contributed by atoms with Crippen molar-refractivity contribution in [3.8, 4) is 11.8 Å². The van der Waals surface area contributed by atoms with Gasteiger partial charge in [-0.15, -0.1) is 11.3 Å². The van der Waals surface area contributed by atoms with Crippen LogP contribution < -0.4 is 15.0 Å². The Labute approximate surface area is 176 Å². The third kappa shape index (κ3) is 4.36. The van der Waals surface area contributed by atoms with Crippen molar-refractivity contribution >= 4 is 48.9 Å². The Bertz CT molecular complexity index is 1070. The smallest absolute Gasteiger partial charge is 0.321 e. The quantitative estimate of drug-likeness (QED) is 0.447. The molecule has 9 heteroatoms. The lowest BCUT2D eigenvalue weighted by Crippen LogP contribution is -2.21. The minimum Gasteiger partial charge on any atom is -0.424 e. The van der Waals surface area contributed by atoms with E-state index in [9.17, 15) is 4.79 Å². The fourth-order valence-electron chi connectivity index (χ4n) is 2.71. The van der Waals surface area contributed by atoms with Gasteiger partial charge >= 0.3 is 6.01 Å². The van der Waals surface area contributed by atoms with Crippen LogP contribution in [0.15, 0.2) is 48.8 Å². The average molecular weight is 426 g/mol. The molecule has 0 aliphatic rings. The Morgan fingerprint density at radius 1 is 1.10 bits per heavy atom. The highest BCUT2D eigenvalue weighted by Gasteiger charge is 2.16. The molecule has 4 rings (SSSR count). The molecule has 0 fully saturated rings. The molecule has 0 aliphatic carbocycles. The largest absolute Gasteiger partial charge is 0.424 e. The van der Waals surface area contributed by atoms with Crippen molar-refractivity contribution in [1.29, 1.82) is 0 Å². The highest BCUT2D eigenvalue weighted by molar-refractivity contribution is 7.29. The number of rotatable bonds is 7. The summed E-state index contributed by atoms with van der Waals surface area (Å²) in [5.41, 5.74) is 0.685. The van der Waals surface area contributed by atoms with Crippen molar-refractivity contribution in [2.75, 3.05) is 23.3 Å². The molecule has 0 aliphatic heterocycles.